The molecule has 1 aliphatic heterocycles. The van der Waals surface area contributed by atoms with E-state index in [2.05, 4.69) is 54.4 Å². The lowest BCUT2D eigenvalue weighted by molar-refractivity contribution is -0.123. The number of ketones is 1. The highest BCUT2D eigenvalue weighted by Crippen LogP contribution is 2.48. The first-order chi connectivity index (χ1) is 17.5. The Bertz CT molecular complexity index is 1260. The molecule has 2 aromatic carbocycles. The summed E-state index contributed by atoms with van der Waals surface area (Å²) in [6, 6.07) is 19.5. The lowest BCUT2D eigenvalue weighted by atomic mass is 9.77. The number of furan rings is 1. The van der Waals surface area contributed by atoms with E-state index >= 15 is 0 Å². The molecule has 6 nitrogen and oxygen atoms in total. The van der Waals surface area contributed by atoms with Crippen LogP contribution in [0, 0.1) is 5.92 Å². The van der Waals surface area contributed by atoms with Gasteiger partial charge in [0.2, 0.25) is 5.91 Å². The van der Waals surface area contributed by atoms with Gasteiger partial charge in [0.05, 0.1) is 29.6 Å². The highest BCUT2D eigenvalue weighted by atomic mass is 16.3. The molecule has 1 amide bonds. The van der Waals surface area contributed by atoms with Crippen LogP contribution in [-0.4, -0.2) is 24.8 Å². The van der Waals surface area contributed by atoms with E-state index < -0.39 is 12.0 Å². The van der Waals surface area contributed by atoms with Gasteiger partial charge in [-0.1, -0.05) is 37.3 Å². The molecular weight excluding hydrogens is 450 g/mol. The lowest BCUT2D eigenvalue weighted by Gasteiger charge is -2.37. The largest absolute Gasteiger partial charge is 0.469 e. The Balaban J connectivity index is 1.67. The number of nitrogens with zero attached hydrogens (tertiary/aromatic N) is 2. The van der Waals surface area contributed by atoms with Gasteiger partial charge in [-0.05, 0) is 55.8 Å². The first-order valence-corrected chi connectivity index (χ1v) is 12.9. The molecule has 0 saturated carbocycles. The van der Waals surface area contributed by atoms with Crippen LogP contribution in [0.3, 0.4) is 0 Å². The number of carbonyl (C=O) groups is 2. The average Bonchev–Trinajstić information content (AvgIpc) is 3.39. The van der Waals surface area contributed by atoms with Gasteiger partial charge in [0, 0.05) is 43.2 Å². The van der Waals surface area contributed by atoms with Crippen LogP contribution in [-0.2, 0) is 9.59 Å². The van der Waals surface area contributed by atoms with Gasteiger partial charge >= 0.3 is 0 Å². The second-order valence-electron chi connectivity index (χ2n) is 9.36. The van der Waals surface area contributed by atoms with Gasteiger partial charge in [-0.15, -0.1) is 0 Å². The molecule has 5 rings (SSSR count). The third kappa shape index (κ3) is 4.21. The van der Waals surface area contributed by atoms with Crippen LogP contribution in [0.2, 0.25) is 0 Å². The maximum absolute atomic E-state index is 13.9. The van der Waals surface area contributed by atoms with Crippen molar-refractivity contribution in [1.29, 1.82) is 0 Å². The van der Waals surface area contributed by atoms with Crippen molar-refractivity contribution in [3.05, 3.63) is 90.0 Å². The van der Waals surface area contributed by atoms with Crippen LogP contribution in [0.5, 0.6) is 0 Å². The Hall–Kier alpha value is -3.80. The number of para-hydroxylation sites is 2. The number of Topliss-reactive ketones (excluding diaryl/α,β-unsaturated/α-hetero) is 1. The highest BCUT2D eigenvalue weighted by molar-refractivity contribution is 6.01. The number of carbonyl (C=O) groups excluding carboxylic acids is 2. The zero-order chi connectivity index (χ0) is 25.2. The SMILES string of the molecule is CCC(=O)N1c2ccccc2NC2=CC(c3ccco3)CC(=O)C2C1c1ccc(N(CC)CC)cc1. The van der Waals surface area contributed by atoms with Gasteiger partial charge in [0.1, 0.15) is 11.5 Å². The van der Waals surface area contributed by atoms with E-state index in [1.54, 1.807) is 6.26 Å². The summed E-state index contributed by atoms with van der Waals surface area (Å²) in [4.78, 5) is 31.5. The molecule has 3 unspecified atom stereocenters. The highest BCUT2D eigenvalue weighted by Gasteiger charge is 2.45. The minimum absolute atomic E-state index is 0.00993. The van der Waals surface area contributed by atoms with Crippen LogP contribution in [0.1, 0.15) is 56.9 Å². The molecule has 3 aromatic rings. The smallest absolute Gasteiger partial charge is 0.227 e. The molecule has 1 aliphatic carbocycles. The minimum Gasteiger partial charge on any atom is -0.469 e. The number of amides is 1. The Morgan fingerprint density at radius 2 is 1.78 bits per heavy atom. The Morgan fingerprint density at radius 3 is 2.44 bits per heavy atom. The number of hydrogen-bond donors (Lipinski definition) is 1. The fourth-order valence-corrected chi connectivity index (χ4v) is 5.56. The minimum atomic E-state index is -0.501. The molecule has 3 atom stereocenters. The molecule has 0 radical (unpaired) electrons. The molecule has 36 heavy (non-hydrogen) atoms. The third-order valence-electron chi connectivity index (χ3n) is 7.36. The summed E-state index contributed by atoms with van der Waals surface area (Å²) < 4.78 is 5.65. The maximum atomic E-state index is 13.9. The molecule has 6 heteroatoms. The van der Waals surface area contributed by atoms with E-state index in [-0.39, 0.29) is 17.6 Å². The monoisotopic (exact) mass is 483 g/mol. The molecular formula is C30H33N3O3. The molecule has 2 heterocycles. The fourth-order valence-electron chi connectivity index (χ4n) is 5.56. The van der Waals surface area contributed by atoms with E-state index in [4.69, 9.17) is 4.42 Å². The lowest BCUT2D eigenvalue weighted by Crippen LogP contribution is -2.42. The number of allylic oxidation sites excluding steroid dienone is 1. The second-order valence-corrected chi connectivity index (χ2v) is 9.36. The number of benzene rings is 2. The summed E-state index contributed by atoms with van der Waals surface area (Å²) in [6.45, 7) is 7.98. The molecule has 186 valence electrons. The van der Waals surface area contributed by atoms with Crippen molar-refractivity contribution in [1.82, 2.24) is 0 Å². The Labute approximate surface area is 212 Å². The predicted octanol–water partition coefficient (Wildman–Crippen LogP) is 6.29. The van der Waals surface area contributed by atoms with Gasteiger partial charge in [-0.2, -0.15) is 0 Å². The molecule has 0 bridgehead atoms. The molecule has 1 aromatic heterocycles. The Morgan fingerprint density at radius 1 is 1.03 bits per heavy atom. The van der Waals surface area contributed by atoms with Crippen molar-refractivity contribution in [3.8, 4) is 0 Å². The van der Waals surface area contributed by atoms with E-state index in [0.717, 1.165) is 47.2 Å². The van der Waals surface area contributed by atoms with Crippen molar-refractivity contribution in [2.24, 2.45) is 5.92 Å². The number of fused-ring (bicyclic) bond motifs is 2. The second kappa shape index (κ2) is 10.1. The van der Waals surface area contributed by atoms with Gasteiger partial charge in [0.15, 0.2) is 0 Å². The zero-order valence-corrected chi connectivity index (χ0v) is 21.1. The van der Waals surface area contributed by atoms with Crippen LogP contribution in [0.25, 0.3) is 0 Å². The molecule has 0 fully saturated rings. The predicted molar refractivity (Wildman–Crippen MR) is 143 cm³/mol. The van der Waals surface area contributed by atoms with Crippen LogP contribution >= 0.6 is 0 Å². The van der Waals surface area contributed by atoms with E-state index in [1.807, 2.05) is 48.2 Å². The number of anilines is 3. The summed E-state index contributed by atoms with van der Waals surface area (Å²) in [6.07, 6.45) is 4.43. The number of rotatable bonds is 6. The fraction of sp³-hybridized carbons (Fsp3) is 0.333. The van der Waals surface area contributed by atoms with Crippen LogP contribution in [0.4, 0.5) is 17.1 Å². The van der Waals surface area contributed by atoms with Crippen molar-refractivity contribution in [3.63, 3.8) is 0 Å². The molecule has 2 aliphatic rings. The summed E-state index contributed by atoms with van der Waals surface area (Å²) in [5.74, 6) is 0.219. The number of hydrogen-bond acceptors (Lipinski definition) is 5. The molecule has 0 saturated heterocycles. The summed E-state index contributed by atoms with van der Waals surface area (Å²) in [5, 5.41) is 3.54. The summed E-state index contributed by atoms with van der Waals surface area (Å²) >= 11 is 0. The van der Waals surface area contributed by atoms with Crippen LogP contribution < -0.4 is 15.1 Å². The van der Waals surface area contributed by atoms with Gasteiger partial charge in [0.25, 0.3) is 0 Å². The van der Waals surface area contributed by atoms with E-state index in [9.17, 15) is 9.59 Å². The Kier molecular flexibility index (Phi) is 6.68. The van der Waals surface area contributed by atoms with Crippen molar-refractivity contribution in [2.45, 2.75) is 45.6 Å². The van der Waals surface area contributed by atoms with Crippen LogP contribution in [0.15, 0.2) is 83.1 Å². The molecule has 0 spiro atoms. The third-order valence-corrected chi connectivity index (χ3v) is 7.36. The quantitative estimate of drug-likeness (QED) is 0.446. The summed E-state index contributed by atoms with van der Waals surface area (Å²) in [7, 11) is 0. The van der Waals surface area contributed by atoms with Gasteiger partial charge in [-0.25, -0.2) is 0 Å². The maximum Gasteiger partial charge on any atom is 0.227 e. The van der Waals surface area contributed by atoms with E-state index in [1.165, 1.54) is 0 Å². The normalized spacial score (nSPS) is 21.1. The van der Waals surface area contributed by atoms with Gasteiger partial charge in [-0.3, -0.25) is 9.59 Å². The van der Waals surface area contributed by atoms with Crippen molar-refractivity contribution >= 4 is 28.8 Å². The van der Waals surface area contributed by atoms with Gasteiger partial charge < -0.3 is 19.5 Å². The molecule has 1 N–H and O–H groups in total. The average molecular weight is 484 g/mol. The van der Waals surface area contributed by atoms with Crippen molar-refractivity contribution < 1.29 is 14.0 Å². The van der Waals surface area contributed by atoms with E-state index in [0.29, 0.717) is 12.8 Å². The first-order valence-electron chi connectivity index (χ1n) is 12.9. The zero-order valence-electron chi connectivity index (χ0n) is 21.1. The van der Waals surface area contributed by atoms with Crippen molar-refractivity contribution in [2.75, 3.05) is 28.2 Å². The summed E-state index contributed by atoms with van der Waals surface area (Å²) in [5.41, 5.74) is 4.52. The topological polar surface area (TPSA) is 65.8 Å². The number of nitrogens with one attached hydrogen (secondary N) is 1. The standard InChI is InChI=1S/C30H33N3O3/c1-4-28(35)33-25-11-8-7-10-23(25)31-24-18-21(27-12-9-17-36-27)19-26(34)29(24)30(33)20-13-15-22(16-14-20)32(5-2)6-3/h7-18,21,29-31H,4-6,19H2,1-3H3. The first kappa shape index (κ1) is 23.9.